The Labute approximate surface area is 145 Å². The van der Waals surface area contributed by atoms with Crippen molar-refractivity contribution in [3.63, 3.8) is 0 Å². The van der Waals surface area contributed by atoms with Crippen LogP contribution < -0.4 is 5.56 Å². The zero-order valence-corrected chi connectivity index (χ0v) is 14.2. The van der Waals surface area contributed by atoms with Gasteiger partial charge in [0.15, 0.2) is 0 Å². The van der Waals surface area contributed by atoms with Crippen LogP contribution in [0.2, 0.25) is 0 Å². The van der Waals surface area contributed by atoms with Gasteiger partial charge >= 0.3 is 0 Å². The average Bonchev–Trinajstić information content (AvgIpc) is 2.75. The van der Waals surface area contributed by atoms with Crippen LogP contribution in [-0.2, 0) is 6.54 Å². The standard InChI is InChI=1S/C19H22FN3O2/c1-22-9-13-6-7-14(10-22)19(13,25)11-23-12-21-17(8-18(23)24)15-4-2-3-5-16(15)20/h2-5,8,12-14,25H,6-7,9-11H2,1H3. The van der Waals surface area contributed by atoms with Crippen LogP contribution in [0.25, 0.3) is 11.3 Å². The maximum atomic E-state index is 13.9. The predicted octanol–water partition coefficient (Wildman–Crippen LogP) is 1.75. The lowest BCUT2D eigenvalue weighted by molar-refractivity contribution is -0.0905. The number of aromatic nitrogens is 2. The average molecular weight is 343 g/mol. The van der Waals surface area contributed by atoms with E-state index in [-0.39, 0.29) is 23.9 Å². The van der Waals surface area contributed by atoms with Crippen LogP contribution in [0.4, 0.5) is 4.39 Å². The summed E-state index contributed by atoms with van der Waals surface area (Å²) < 4.78 is 15.4. The minimum Gasteiger partial charge on any atom is -0.387 e. The molecule has 2 aliphatic rings. The summed E-state index contributed by atoms with van der Waals surface area (Å²) in [7, 11) is 2.07. The molecule has 0 radical (unpaired) electrons. The highest BCUT2D eigenvalue weighted by Crippen LogP contribution is 2.45. The molecule has 1 aliphatic carbocycles. The van der Waals surface area contributed by atoms with Gasteiger partial charge in [0.05, 0.1) is 24.2 Å². The van der Waals surface area contributed by atoms with E-state index in [0.717, 1.165) is 25.9 Å². The third-order valence-electron chi connectivity index (χ3n) is 5.79. The first kappa shape index (κ1) is 16.4. The molecule has 5 nitrogen and oxygen atoms in total. The number of likely N-dealkylation sites (tertiary alicyclic amines) is 1. The minimum atomic E-state index is -0.864. The molecule has 2 bridgehead atoms. The van der Waals surface area contributed by atoms with Gasteiger partial charge in [-0.15, -0.1) is 0 Å². The van der Waals surface area contributed by atoms with Crippen LogP contribution in [0.15, 0.2) is 41.5 Å². The molecule has 1 aromatic carbocycles. The van der Waals surface area contributed by atoms with Gasteiger partial charge in [-0.05, 0) is 32.0 Å². The van der Waals surface area contributed by atoms with Gasteiger partial charge in [-0.1, -0.05) is 12.1 Å². The Kier molecular flexibility index (Phi) is 3.96. The summed E-state index contributed by atoms with van der Waals surface area (Å²) in [5, 5.41) is 11.2. The van der Waals surface area contributed by atoms with Crippen molar-refractivity contribution in [1.82, 2.24) is 14.5 Å². The van der Waals surface area contributed by atoms with Crippen LogP contribution in [0.5, 0.6) is 0 Å². The highest BCUT2D eigenvalue weighted by atomic mass is 19.1. The van der Waals surface area contributed by atoms with Crippen LogP contribution >= 0.6 is 0 Å². The number of hydrogen-bond acceptors (Lipinski definition) is 4. The van der Waals surface area contributed by atoms with Gasteiger partial charge in [0.2, 0.25) is 0 Å². The van der Waals surface area contributed by atoms with Gasteiger partial charge in [-0.2, -0.15) is 0 Å². The smallest absolute Gasteiger partial charge is 0.253 e. The lowest BCUT2D eigenvalue weighted by Crippen LogP contribution is -2.55. The number of halogens is 1. The van der Waals surface area contributed by atoms with E-state index in [0.29, 0.717) is 11.3 Å². The summed E-state index contributed by atoms with van der Waals surface area (Å²) in [6.45, 7) is 1.95. The molecule has 2 unspecified atom stereocenters. The summed E-state index contributed by atoms with van der Waals surface area (Å²) in [5.41, 5.74) is -0.500. The molecular formula is C19H22FN3O2. The summed E-state index contributed by atoms with van der Waals surface area (Å²) in [5.74, 6) is -0.0528. The molecule has 1 saturated heterocycles. The van der Waals surface area contributed by atoms with Crippen LogP contribution in [0, 0.1) is 17.7 Å². The molecule has 0 amide bonds. The van der Waals surface area contributed by atoms with Crippen LogP contribution in [-0.4, -0.2) is 45.3 Å². The third kappa shape index (κ3) is 2.79. The molecule has 132 valence electrons. The first-order valence-corrected chi connectivity index (χ1v) is 8.69. The number of nitrogens with zero attached hydrogens (tertiary/aromatic N) is 3. The maximum Gasteiger partial charge on any atom is 0.253 e. The van der Waals surface area contributed by atoms with E-state index < -0.39 is 11.4 Å². The second-order valence-electron chi connectivity index (χ2n) is 7.40. The van der Waals surface area contributed by atoms with E-state index in [1.807, 2.05) is 0 Å². The van der Waals surface area contributed by atoms with Gasteiger partial charge in [0.25, 0.3) is 5.56 Å². The molecule has 25 heavy (non-hydrogen) atoms. The Hall–Kier alpha value is -2.05. The second kappa shape index (κ2) is 6.04. The number of fused-ring (bicyclic) bond motifs is 2. The monoisotopic (exact) mass is 343 g/mol. The van der Waals surface area contributed by atoms with Gasteiger partial charge in [-0.25, -0.2) is 9.37 Å². The first-order chi connectivity index (χ1) is 12.0. The fourth-order valence-corrected chi connectivity index (χ4v) is 4.45. The molecule has 1 N–H and O–H groups in total. The first-order valence-electron chi connectivity index (χ1n) is 8.69. The van der Waals surface area contributed by atoms with Crippen LogP contribution in [0.3, 0.4) is 0 Å². The van der Waals surface area contributed by atoms with E-state index in [1.54, 1.807) is 18.2 Å². The number of hydrogen-bond donors (Lipinski definition) is 1. The van der Waals surface area contributed by atoms with Crippen molar-refractivity contribution in [3.8, 4) is 11.3 Å². The predicted molar refractivity (Wildman–Crippen MR) is 92.6 cm³/mol. The number of aliphatic hydroxyl groups is 1. The van der Waals surface area contributed by atoms with Crippen molar-refractivity contribution in [2.45, 2.75) is 25.0 Å². The Morgan fingerprint density at radius 2 is 1.96 bits per heavy atom. The van der Waals surface area contributed by atoms with Crippen molar-refractivity contribution >= 4 is 0 Å². The lowest BCUT2D eigenvalue weighted by Gasteiger charge is -2.43. The van der Waals surface area contributed by atoms with E-state index in [2.05, 4.69) is 16.9 Å². The van der Waals surface area contributed by atoms with E-state index in [9.17, 15) is 14.3 Å². The Balaban J connectivity index is 1.63. The van der Waals surface area contributed by atoms with Crippen molar-refractivity contribution in [1.29, 1.82) is 0 Å². The largest absolute Gasteiger partial charge is 0.387 e. The number of benzene rings is 1. The van der Waals surface area contributed by atoms with Gasteiger partial charge in [0, 0.05) is 36.6 Å². The molecule has 2 fully saturated rings. The number of piperidine rings is 1. The van der Waals surface area contributed by atoms with Crippen molar-refractivity contribution < 1.29 is 9.50 Å². The van der Waals surface area contributed by atoms with Crippen molar-refractivity contribution in [2.24, 2.45) is 11.8 Å². The maximum absolute atomic E-state index is 13.9. The highest BCUT2D eigenvalue weighted by molar-refractivity contribution is 5.58. The molecule has 0 spiro atoms. The summed E-state index contributed by atoms with van der Waals surface area (Å²) >= 11 is 0. The topological polar surface area (TPSA) is 58.4 Å². The van der Waals surface area contributed by atoms with Crippen molar-refractivity contribution in [3.05, 3.63) is 52.8 Å². The SMILES string of the molecule is CN1CC2CCC(C1)C2(O)Cn1cnc(-c2ccccc2F)cc1=O. The zero-order chi connectivity index (χ0) is 17.6. The Bertz CT molecular complexity index is 837. The van der Waals surface area contributed by atoms with E-state index >= 15 is 0 Å². The lowest BCUT2D eigenvalue weighted by atomic mass is 9.80. The zero-order valence-electron chi connectivity index (χ0n) is 14.2. The molecule has 1 saturated carbocycles. The fourth-order valence-electron chi connectivity index (χ4n) is 4.45. The summed E-state index contributed by atoms with van der Waals surface area (Å²) in [6.07, 6.45) is 3.40. The molecule has 2 atom stereocenters. The molecule has 6 heteroatoms. The number of rotatable bonds is 3. The second-order valence-corrected chi connectivity index (χ2v) is 7.40. The van der Waals surface area contributed by atoms with Gasteiger partial charge in [0.1, 0.15) is 5.82 Å². The Morgan fingerprint density at radius 3 is 2.60 bits per heavy atom. The van der Waals surface area contributed by atoms with Gasteiger partial charge in [-0.3, -0.25) is 9.36 Å². The minimum absolute atomic E-state index is 0.175. The van der Waals surface area contributed by atoms with Crippen LogP contribution in [0.1, 0.15) is 12.8 Å². The molecule has 2 heterocycles. The van der Waals surface area contributed by atoms with Gasteiger partial charge < -0.3 is 10.0 Å². The highest BCUT2D eigenvalue weighted by Gasteiger charge is 2.52. The van der Waals surface area contributed by atoms with E-state index in [4.69, 9.17) is 0 Å². The normalized spacial score (nSPS) is 29.1. The fraction of sp³-hybridized carbons (Fsp3) is 0.474. The van der Waals surface area contributed by atoms with E-state index in [1.165, 1.54) is 23.0 Å². The molecule has 1 aliphatic heterocycles. The quantitative estimate of drug-likeness (QED) is 0.923. The third-order valence-corrected chi connectivity index (χ3v) is 5.79. The van der Waals surface area contributed by atoms with Crippen molar-refractivity contribution in [2.75, 3.05) is 20.1 Å². The Morgan fingerprint density at radius 1 is 1.28 bits per heavy atom. The molecule has 1 aromatic heterocycles. The molecule has 2 aromatic rings. The summed E-state index contributed by atoms with van der Waals surface area (Å²) in [6, 6.07) is 7.61. The molecular weight excluding hydrogens is 321 g/mol. The molecule has 4 rings (SSSR count). The summed E-state index contributed by atoms with van der Waals surface area (Å²) in [4.78, 5) is 19.0.